The number of piperidine rings is 1. The molecule has 0 radical (unpaired) electrons. The van der Waals surface area contributed by atoms with E-state index in [0.29, 0.717) is 13.2 Å². The Balaban J connectivity index is 1.26. The predicted molar refractivity (Wildman–Crippen MR) is 112 cm³/mol. The van der Waals surface area contributed by atoms with Crippen LogP contribution in [0.4, 0.5) is 5.69 Å². The highest BCUT2D eigenvalue weighted by atomic mass is 16.5. The number of carbonyl (C=O) groups excluding carboxylic acids is 1. The first kappa shape index (κ1) is 18.8. The van der Waals surface area contributed by atoms with Crippen molar-refractivity contribution in [2.75, 3.05) is 37.7 Å². The van der Waals surface area contributed by atoms with Crippen LogP contribution < -0.4 is 15.0 Å². The molecule has 4 rings (SSSR count). The van der Waals surface area contributed by atoms with E-state index < -0.39 is 0 Å². The summed E-state index contributed by atoms with van der Waals surface area (Å²) in [7, 11) is 0. The molecule has 2 aromatic carbocycles. The first-order chi connectivity index (χ1) is 13.7. The molecular formula is C23H29N3O2. The molecule has 148 valence electrons. The minimum atomic E-state index is 0.119. The molecule has 0 aliphatic carbocycles. The van der Waals surface area contributed by atoms with Crippen LogP contribution in [0, 0.1) is 6.92 Å². The zero-order chi connectivity index (χ0) is 19.3. The van der Waals surface area contributed by atoms with Crippen LogP contribution in [0.15, 0.2) is 48.5 Å². The Morgan fingerprint density at radius 3 is 2.75 bits per heavy atom. The number of ether oxygens (including phenoxy) is 1. The van der Waals surface area contributed by atoms with Crippen LogP contribution in [-0.2, 0) is 11.3 Å². The van der Waals surface area contributed by atoms with Crippen molar-refractivity contribution in [3.05, 3.63) is 59.7 Å². The number of benzene rings is 2. The molecule has 0 saturated carbocycles. The van der Waals surface area contributed by atoms with Crippen LogP contribution in [-0.4, -0.2) is 49.6 Å². The van der Waals surface area contributed by atoms with Crippen molar-refractivity contribution >= 4 is 11.6 Å². The zero-order valence-electron chi connectivity index (χ0n) is 16.6. The Morgan fingerprint density at radius 2 is 1.93 bits per heavy atom. The third kappa shape index (κ3) is 4.65. The van der Waals surface area contributed by atoms with E-state index in [9.17, 15) is 4.79 Å². The van der Waals surface area contributed by atoms with Crippen molar-refractivity contribution < 1.29 is 9.53 Å². The Morgan fingerprint density at radius 1 is 1.11 bits per heavy atom. The van der Waals surface area contributed by atoms with E-state index in [1.807, 2.05) is 18.2 Å². The molecule has 0 aromatic heterocycles. The number of carbonyl (C=O) groups is 1. The van der Waals surface area contributed by atoms with Crippen LogP contribution in [0.3, 0.4) is 0 Å². The first-order valence-electron chi connectivity index (χ1n) is 10.2. The van der Waals surface area contributed by atoms with Crippen LogP contribution >= 0.6 is 0 Å². The molecule has 0 unspecified atom stereocenters. The monoisotopic (exact) mass is 379 g/mol. The van der Waals surface area contributed by atoms with Crippen molar-refractivity contribution in [1.29, 1.82) is 0 Å². The lowest BCUT2D eigenvalue weighted by atomic mass is 10.0. The summed E-state index contributed by atoms with van der Waals surface area (Å²) in [5.74, 6) is 1.06. The van der Waals surface area contributed by atoms with Gasteiger partial charge in [-0.1, -0.05) is 30.3 Å². The summed E-state index contributed by atoms with van der Waals surface area (Å²) in [5, 5.41) is 3.25. The van der Waals surface area contributed by atoms with Gasteiger partial charge in [-0.05, 0) is 43.5 Å². The second-order valence-electron chi connectivity index (χ2n) is 7.83. The molecule has 1 N–H and O–H groups in total. The fourth-order valence-corrected chi connectivity index (χ4v) is 4.10. The number of rotatable bonds is 4. The van der Waals surface area contributed by atoms with Crippen LogP contribution in [0.5, 0.6) is 5.75 Å². The molecule has 1 amide bonds. The molecule has 0 bridgehead atoms. The molecule has 28 heavy (non-hydrogen) atoms. The summed E-state index contributed by atoms with van der Waals surface area (Å²) in [6.07, 6.45) is 1.98. The van der Waals surface area contributed by atoms with Crippen molar-refractivity contribution in [2.45, 2.75) is 32.4 Å². The van der Waals surface area contributed by atoms with E-state index in [0.717, 1.165) is 50.3 Å². The molecule has 0 atom stereocenters. The average Bonchev–Trinajstić information content (AvgIpc) is 2.90. The largest absolute Gasteiger partial charge is 0.492 e. The van der Waals surface area contributed by atoms with Gasteiger partial charge in [0.15, 0.2) is 0 Å². The van der Waals surface area contributed by atoms with Gasteiger partial charge in [-0.15, -0.1) is 0 Å². The second-order valence-corrected chi connectivity index (χ2v) is 7.83. The number of fused-ring (bicyclic) bond motifs is 1. The summed E-state index contributed by atoms with van der Waals surface area (Å²) in [5.41, 5.74) is 3.73. The minimum absolute atomic E-state index is 0.119. The number of hydrogen-bond donors (Lipinski definition) is 1. The molecule has 2 heterocycles. The molecule has 5 nitrogen and oxygen atoms in total. The lowest BCUT2D eigenvalue weighted by Crippen LogP contribution is -2.47. The third-order valence-electron chi connectivity index (χ3n) is 5.63. The van der Waals surface area contributed by atoms with E-state index in [2.05, 4.69) is 52.4 Å². The minimum Gasteiger partial charge on any atom is -0.492 e. The van der Waals surface area contributed by atoms with Crippen LogP contribution in [0.25, 0.3) is 0 Å². The lowest BCUT2D eigenvalue weighted by molar-refractivity contribution is -0.123. The zero-order valence-corrected chi connectivity index (χ0v) is 16.6. The van der Waals surface area contributed by atoms with Gasteiger partial charge in [-0.2, -0.15) is 0 Å². The maximum absolute atomic E-state index is 12.6. The summed E-state index contributed by atoms with van der Waals surface area (Å²) in [6.45, 7) is 6.68. The lowest BCUT2D eigenvalue weighted by Gasteiger charge is -2.34. The third-order valence-corrected chi connectivity index (χ3v) is 5.63. The normalized spacial score (nSPS) is 18.1. The highest BCUT2D eigenvalue weighted by Gasteiger charge is 2.23. The average molecular weight is 380 g/mol. The molecule has 2 aliphatic heterocycles. The van der Waals surface area contributed by atoms with Gasteiger partial charge >= 0.3 is 0 Å². The molecule has 1 fully saturated rings. The van der Waals surface area contributed by atoms with Gasteiger partial charge in [0.1, 0.15) is 12.4 Å². The van der Waals surface area contributed by atoms with E-state index >= 15 is 0 Å². The van der Waals surface area contributed by atoms with Gasteiger partial charge in [0.25, 0.3) is 0 Å². The van der Waals surface area contributed by atoms with Crippen molar-refractivity contribution in [1.82, 2.24) is 10.2 Å². The predicted octanol–water partition coefficient (Wildman–Crippen LogP) is 2.97. The SMILES string of the molecule is Cc1cccc(N2CCC(NC(=O)CN3CCOc4ccccc4C3)CC2)c1. The van der Waals surface area contributed by atoms with Gasteiger partial charge in [-0.3, -0.25) is 9.69 Å². The number of nitrogens with zero attached hydrogens (tertiary/aromatic N) is 2. The molecule has 1 saturated heterocycles. The molecule has 2 aromatic rings. The van der Waals surface area contributed by atoms with Gasteiger partial charge in [0.05, 0.1) is 6.54 Å². The Labute approximate surface area is 167 Å². The second kappa shape index (κ2) is 8.65. The van der Waals surface area contributed by atoms with E-state index in [1.165, 1.54) is 11.3 Å². The van der Waals surface area contributed by atoms with Gasteiger partial charge in [0.2, 0.25) is 5.91 Å². The highest BCUT2D eigenvalue weighted by Crippen LogP contribution is 2.23. The van der Waals surface area contributed by atoms with Gasteiger partial charge < -0.3 is 15.0 Å². The van der Waals surface area contributed by atoms with Crippen molar-refractivity contribution in [3.8, 4) is 5.75 Å². The fourth-order valence-electron chi connectivity index (χ4n) is 4.10. The van der Waals surface area contributed by atoms with Crippen molar-refractivity contribution in [3.63, 3.8) is 0 Å². The number of nitrogens with one attached hydrogen (secondary N) is 1. The van der Waals surface area contributed by atoms with Crippen molar-refractivity contribution in [2.24, 2.45) is 0 Å². The molecular weight excluding hydrogens is 350 g/mol. The highest BCUT2D eigenvalue weighted by molar-refractivity contribution is 5.78. The molecule has 2 aliphatic rings. The number of hydrogen-bond acceptors (Lipinski definition) is 4. The summed E-state index contributed by atoms with van der Waals surface area (Å²) < 4.78 is 5.79. The van der Waals surface area contributed by atoms with E-state index in [-0.39, 0.29) is 11.9 Å². The summed E-state index contributed by atoms with van der Waals surface area (Å²) in [4.78, 5) is 17.2. The Kier molecular flexibility index (Phi) is 5.81. The van der Waals surface area contributed by atoms with Crippen LogP contribution in [0.2, 0.25) is 0 Å². The van der Waals surface area contributed by atoms with Gasteiger partial charge in [0, 0.05) is 43.5 Å². The van der Waals surface area contributed by atoms with Gasteiger partial charge in [-0.25, -0.2) is 0 Å². The number of para-hydroxylation sites is 1. The summed E-state index contributed by atoms with van der Waals surface area (Å²) >= 11 is 0. The topological polar surface area (TPSA) is 44.8 Å². The van der Waals surface area contributed by atoms with E-state index in [1.54, 1.807) is 0 Å². The maximum atomic E-state index is 12.6. The number of amides is 1. The van der Waals surface area contributed by atoms with E-state index in [4.69, 9.17) is 4.74 Å². The summed E-state index contributed by atoms with van der Waals surface area (Å²) in [6, 6.07) is 17.0. The Hall–Kier alpha value is -2.53. The standard InChI is InChI=1S/C23H29N3O2/c1-18-5-4-7-21(15-18)26-11-9-20(10-12-26)24-23(27)17-25-13-14-28-22-8-3-2-6-19(22)16-25/h2-8,15,20H,9-14,16-17H2,1H3,(H,24,27). The smallest absolute Gasteiger partial charge is 0.234 e. The van der Waals surface area contributed by atoms with Crippen LogP contribution in [0.1, 0.15) is 24.0 Å². The fraction of sp³-hybridized carbons (Fsp3) is 0.435. The number of aryl methyl sites for hydroxylation is 1. The number of anilines is 1. The quantitative estimate of drug-likeness (QED) is 0.887. The molecule has 0 spiro atoms. The first-order valence-corrected chi connectivity index (χ1v) is 10.2. The Bertz CT molecular complexity index is 815. The maximum Gasteiger partial charge on any atom is 0.234 e. The molecule has 5 heteroatoms.